The second-order valence-corrected chi connectivity index (χ2v) is 8.56. The second-order valence-electron chi connectivity index (χ2n) is 8.56. The highest BCUT2D eigenvalue weighted by atomic mass is 16.5. The van der Waals surface area contributed by atoms with Crippen LogP contribution in [0.15, 0.2) is 35.3 Å². The van der Waals surface area contributed by atoms with E-state index in [2.05, 4.69) is 48.2 Å². The summed E-state index contributed by atoms with van der Waals surface area (Å²) in [4.78, 5) is 22.0. The summed E-state index contributed by atoms with van der Waals surface area (Å²) in [6, 6.07) is 11.1. The molecular formula is C24H41N5O2. The van der Waals surface area contributed by atoms with Crippen molar-refractivity contribution in [2.75, 3.05) is 53.0 Å². The second kappa shape index (κ2) is 13.3. The van der Waals surface area contributed by atoms with Crippen molar-refractivity contribution in [3.05, 3.63) is 35.9 Å². The maximum absolute atomic E-state index is 13.2. The molecule has 1 saturated heterocycles. The number of carbonyl (C=O) groups is 1. The summed E-state index contributed by atoms with van der Waals surface area (Å²) in [5.74, 6) is 0.619. The first-order chi connectivity index (χ1) is 14.9. The molecule has 7 heteroatoms. The summed E-state index contributed by atoms with van der Waals surface area (Å²) in [6.45, 7) is 13.9. The molecule has 1 atom stereocenters. The van der Waals surface area contributed by atoms with Crippen molar-refractivity contribution < 1.29 is 9.53 Å². The lowest BCUT2D eigenvalue weighted by molar-refractivity contribution is -0.136. The van der Waals surface area contributed by atoms with Crippen LogP contribution in [0.4, 0.5) is 0 Å². The molecule has 1 aromatic carbocycles. The van der Waals surface area contributed by atoms with Crippen LogP contribution in [-0.2, 0) is 9.53 Å². The normalized spacial score (nSPS) is 16.1. The number of amides is 1. The molecule has 174 valence electrons. The highest BCUT2D eigenvalue weighted by Gasteiger charge is 2.27. The Balaban J connectivity index is 1.90. The zero-order valence-electron chi connectivity index (χ0n) is 19.9. The molecule has 0 bridgehead atoms. The summed E-state index contributed by atoms with van der Waals surface area (Å²) >= 11 is 0. The minimum absolute atomic E-state index is 0.141. The molecule has 7 nitrogen and oxygen atoms in total. The Morgan fingerprint density at radius 2 is 1.74 bits per heavy atom. The van der Waals surface area contributed by atoms with E-state index in [0.717, 1.165) is 31.0 Å². The molecule has 0 aliphatic carbocycles. The zero-order valence-corrected chi connectivity index (χ0v) is 19.9. The Bertz CT molecular complexity index is 664. The van der Waals surface area contributed by atoms with Crippen molar-refractivity contribution >= 4 is 11.9 Å². The summed E-state index contributed by atoms with van der Waals surface area (Å²) in [6.07, 6.45) is 1.03. The van der Waals surface area contributed by atoms with Crippen LogP contribution in [0.5, 0.6) is 0 Å². The zero-order chi connectivity index (χ0) is 22.6. The van der Waals surface area contributed by atoms with Crippen LogP contribution in [-0.4, -0.2) is 86.7 Å². The molecule has 1 aromatic rings. The van der Waals surface area contributed by atoms with Crippen molar-refractivity contribution in [2.24, 2.45) is 4.99 Å². The SMILES string of the molecule is CN=C(NCCCN(C(C)C)C(C)C)NCC(C(=O)N1CCOCC1)c1ccccc1. The average molecular weight is 432 g/mol. The summed E-state index contributed by atoms with van der Waals surface area (Å²) in [5, 5.41) is 6.76. The van der Waals surface area contributed by atoms with Crippen molar-refractivity contribution in [1.29, 1.82) is 0 Å². The maximum Gasteiger partial charge on any atom is 0.232 e. The van der Waals surface area contributed by atoms with E-state index in [-0.39, 0.29) is 11.8 Å². The van der Waals surface area contributed by atoms with Crippen LogP contribution in [0.1, 0.15) is 45.6 Å². The van der Waals surface area contributed by atoms with E-state index in [0.29, 0.717) is 44.9 Å². The van der Waals surface area contributed by atoms with Crippen molar-refractivity contribution in [1.82, 2.24) is 20.4 Å². The van der Waals surface area contributed by atoms with E-state index in [9.17, 15) is 4.79 Å². The van der Waals surface area contributed by atoms with Gasteiger partial charge in [0.05, 0.1) is 19.1 Å². The Morgan fingerprint density at radius 3 is 2.32 bits per heavy atom. The number of hydrogen-bond donors (Lipinski definition) is 2. The number of nitrogens with zero attached hydrogens (tertiary/aromatic N) is 3. The molecule has 0 saturated carbocycles. The molecule has 2 rings (SSSR count). The van der Waals surface area contributed by atoms with Crippen LogP contribution in [0.25, 0.3) is 0 Å². The number of carbonyl (C=O) groups excluding carboxylic acids is 1. The predicted octanol–water partition coefficient (Wildman–Crippen LogP) is 2.30. The number of nitrogens with one attached hydrogen (secondary N) is 2. The first kappa shape index (κ1) is 25.1. The molecular weight excluding hydrogens is 390 g/mol. The maximum atomic E-state index is 13.2. The summed E-state index contributed by atoms with van der Waals surface area (Å²) in [5.41, 5.74) is 1.02. The Labute approximate surface area is 188 Å². The van der Waals surface area contributed by atoms with Gasteiger partial charge < -0.3 is 20.3 Å². The molecule has 1 fully saturated rings. The number of aliphatic imine (C=N–C) groups is 1. The Morgan fingerprint density at radius 1 is 1.10 bits per heavy atom. The van der Waals surface area contributed by atoms with Crippen LogP contribution < -0.4 is 10.6 Å². The number of guanidine groups is 1. The quantitative estimate of drug-likeness (QED) is 0.338. The van der Waals surface area contributed by atoms with Gasteiger partial charge in [-0.2, -0.15) is 0 Å². The minimum atomic E-state index is -0.254. The van der Waals surface area contributed by atoms with E-state index in [4.69, 9.17) is 4.74 Å². The fraction of sp³-hybridized carbons (Fsp3) is 0.667. The summed E-state index contributed by atoms with van der Waals surface area (Å²) < 4.78 is 5.41. The first-order valence-electron chi connectivity index (χ1n) is 11.6. The molecule has 1 aliphatic heterocycles. The third kappa shape index (κ3) is 8.15. The smallest absolute Gasteiger partial charge is 0.232 e. The van der Waals surface area contributed by atoms with Gasteiger partial charge >= 0.3 is 0 Å². The van der Waals surface area contributed by atoms with E-state index >= 15 is 0 Å². The lowest BCUT2D eigenvalue weighted by Crippen LogP contribution is -2.47. The fourth-order valence-corrected chi connectivity index (χ4v) is 4.04. The molecule has 1 aliphatic rings. The van der Waals surface area contributed by atoms with Gasteiger partial charge in [-0.25, -0.2) is 0 Å². The van der Waals surface area contributed by atoms with Crippen LogP contribution in [0.2, 0.25) is 0 Å². The molecule has 0 radical (unpaired) electrons. The highest BCUT2D eigenvalue weighted by molar-refractivity contribution is 5.86. The molecule has 31 heavy (non-hydrogen) atoms. The third-order valence-corrected chi connectivity index (χ3v) is 5.73. The van der Waals surface area contributed by atoms with Gasteiger partial charge in [0.1, 0.15) is 0 Å². The molecule has 1 unspecified atom stereocenters. The standard InChI is InChI=1S/C24H41N5O2/c1-19(2)29(20(3)4)13-9-12-26-24(25-5)27-18-22(21-10-7-6-8-11-21)23(30)28-14-16-31-17-15-28/h6-8,10-11,19-20,22H,9,12-18H2,1-5H3,(H2,25,26,27). The van der Waals surface area contributed by atoms with E-state index < -0.39 is 0 Å². The van der Waals surface area contributed by atoms with E-state index in [1.165, 1.54) is 0 Å². The van der Waals surface area contributed by atoms with Crippen molar-refractivity contribution in [3.63, 3.8) is 0 Å². The number of ether oxygens (including phenoxy) is 1. The Kier molecular flexibility index (Phi) is 10.8. The topological polar surface area (TPSA) is 69.2 Å². The third-order valence-electron chi connectivity index (χ3n) is 5.73. The fourth-order valence-electron chi connectivity index (χ4n) is 4.04. The molecule has 0 aromatic heterocycles. The molecule has 1 heterocycles. The van der Waals surface area contributed by atoms with Gasteiger partial charge in [-0.05, 0) is 39.7 Å². The average Bonchev–Trinajstić information content (AvgIpc) is 2.78. The monoisotopic (exact) mass is 431 g/mol. The highest BCUT2D eigenvalue weighted by Crippen LogP contribution is 2.18. The van der Waals surface area contributed by atoms with Crippen LogP contribution in [0, 0.1) is 0 Å². The van der Waals surface area contributed by atoms with E-state index in [1.54, 1.807) is 7.05 Å². The van der Waals surface area contributed by atoms with E-state index in [1.807, 2.05) is 35.2 Å². The Hall–Kier alpha value is -2.12. The largest absolute Gasteiger partial charge is 0.378 e. The number of rotatable bonds is 10. The van der Waals surface area contributed by atoms with Crippen LogP contribution >= 0.6 is 0 Å². The number of benzene rings is 1. The van der Waals surface area contributed by atoms with Crippen molar-refractivity contribution in [3.8, 4) is 0 Å². The molecule has 1 amide bonds. The first-order valence-corrected chi connectivity index (χ1v) is 11.6. The predicted molar refractivity (Wildman–Crippen MR) is 128 cm³/mol. The lowest BCUT2D eigenvalue weighted by atomic mass is 9.97. The van der Waals surface area contributed by atoms with Gasteiger partial charge in [0.2, 0.25) is 5.91 Å². The van der Waals surface area contributed by atoms with Gasteiger partial charge in [-0.1, -0.05) is 30.3 Å². The molecule has 0 spiro atoms. The lowest BCUT2D eigenvalue weighted by Gasteiger charge is -2.31. The van der Waals surface area contributed by atoms with Gasteiger partial charge in [0.15, 0.2) is 5.96 Å². The number of morpholine rings is 1. The summed E-state index contributed by atoms with van der Waals surface area (Å²) in [7, 11) is 1.77. The number of hydrogen-bond acceptors (Lipinski definition) is 4. The molecule has 2 N–H and O–H groups in total. The van der Waals surface area contributed by atoms with Gasteiger partial charge in [0, 0.05) is 51.9 Å². The van der Waals surface area contributed by atoms with Gasteiger partial charge in [0.25, 0.3) is 0 Å². The van der Waals surface area contributed by atoms with Gasteiger partial charge in [-0.3, -0.25) is 14.7 Å². The van der Waals surface area contributed by atoms with Crippen molar-refractivity contribution in [2.45, 2.75) is 52.1 Å². The minimum Gasteiger partial charge on any atom is -0.378 e. The van der Waals surface area contributed by atoms with Gasteiger partial charge in [-0.15, -0.1) is 0 Å². The van der Waals surface area contributed by atoms with Crippen LogP contribution in [0.3, 0.4) is 0 Å².